The fourth-order valence-corrected chi connectivity index (χ4v) is 2.24. The third-order valence-electron chi connectivity index (χ3n) is 3.40. The number of hydrogen-bond acceptors (Lipinski definition) is 3. The van der Waals surface area contributed by atoms with Gasteiger partial charge in [-0.25, -0.2) is 4.79 Å². The van der Waals surface area contributed by atoms with Crippen molar-refractivity contribution in [3.05, 3.63) is 23.4 Å². The van der Waals surface area contributed by atoms with E-state index in [1.165, 1.54) is 6.08 Å². The molecule has 1 atom stereocenters. The molecule has 100 valence electrons. The number of carbonyl (C=O) groups is 2. The Morgan fingerprint density at radius 2 is 1.83 bits per heavy atom. The Hall–Kier alpha value is -1.78. The van der Waals surface area contributed by atoms with Gasteiger partial charge >= 0.3 is 11.9 Å². The van der Waals surface area contributed by atoms with E-state index in [0.29, 0.717) is 18.8 Å². The Bertz CT molecular complexity index is 421. The summed E-state index contributed by atoms with van der Waals surface area (Å²) in [7, 11) is 0. The van der Waals surface area contributed by atoms with Crippen molar-refractivity contribution in [1.29, 1.82) is 0 Å². The second-order valence-corrected chi connectivity index (χ2v) is 4.54. The van der Waals surface area contributed by atoms with Crippen LogP contribution in [0, 0.1) is 5.41 Å². The van der Waals surface area contributed by atoms with Gasteiger partial charge in [-0.3, -0.25) is 4.79 Å². The first-order chi connectivity index (χ1) is 8.36. The number of nitrogens with zero attached hydrogens (tertiary/aromatic N) is 1. The van der Waals surface area contributed by atoms with Crippen LogP contribution < -0.4 is 0 Å². The van der Waals surface area contributed by atoms with E-state index in [-0.39, 0.29) is 12.0 Å². The molecule has 0 amide bonds. The molecule has 0 saturated carbocycles. The van der Waals surface area contributed by atoms with Crippen LogP contribution in [0.15, 0.2) is 23.4 Å². The van der Waals surface area contributed by atoms with Crippen LogP contribution in [0.5, 0.6) is 0 Å². The molecule has 0 fully saturated rings. The Morgan fingerprint density at radius 3 is 2.22 bits per heavy atom. The summed E-state index contributed by atoms with van der Waals surface area (Å²) in [5.74, 6) is -2.05. The standard InChI is InChI=1S/C13H19NO4/c1-4-14(5-2)10-7-6-9(11(15)16)8-13(10,3)12(17)18/h6-7H,4-5,8H2,1-3H3,(H,15,16)(H,17,18). The predicted octanol–water partition coefficient (Wildman–Crippen LogP) is 1.72. The van der Waals surface area contributed by atoms with E-state index >= 15 is 0 Å². The average Bonchev–Trinajstić information content (AvgIpc) is 2.32. The van der Waals surface area contributed by atoms with Crippen LogP contribution in [-0.2, 0) is 9.59 Å². The SMILES string of the molecule is CCN(CC)C1=CC=C(C(=O)O)CC1(C)C(=O)O. The van der Waals surface area contributed by atoms with Gasteiger partial charge in [0.1, 0.15) is 5.41 Å². The molecule has 0 radical (unpaired) electrons. The lowest BCUT2D eigenvalue weighted by Gasteiger charge is -2.37. The van der Waals surface area contributed by atoms with Crippen LogP contribution in [0.1, 0.15) is 27.2 Å². The number of allylic oxidation sites excluding steroid dienone is 2. The van der Waals surface area contributed by atoms with Gasteiger partial charge in [0, 0.05) is 30.8 Å². The fraction of sp³-hybridized carbons (Fsp3) is 0.538. The van der Waals surface area contributed by atoms with Gasteiger partial charge in [0.25, 0.3) is 0 Å². The van der Waals surface area contributed by atoms with Crippen molar-refractivity contribution >= 4 is 11.9 Å². The first kappa shape index (κ1) is 14.3. The summed E-state index contributed by atoms with van der Waals surface area (Å²) in [4.78, 5) is 24.4. The van der Waals surface area contributed by atoms with Crippen LogP contribution in [0.3, 0.4) is 0 Å². The van der Waals surface area contributed by atoms with Crippen molar-refractivity contribution in [2.75, 3.05) is 13.1 Å². The van der Waals surface area contributed by atoms with E-state index in [9.17, 15) is 14.7 Å². The molecule has 1 aliphatic rings. The van der Waals surface area contributed by atoms with Gasteiger partial charge < -0.3 is 15.1 Å². The van der Waals surface area contributed by atoms with Crippen molar-refractivity contribution in [3.8, 4) is 0 Å². The molecule has 0 aromatic heterocycles. The number of carboxylic acid groups (broad SMARTS) is 2. The molecule has 0 saturated heterocycles. The highest BCUT2D eigenvalue weighted by Crippen LogP contribution is 2.39. The van der Waals surface area contributed by atoms with Crippen molar-refractivity contribution in [2.45, 2.75) is 27.2 Å². The molecule has 0 spiro atoms. The molecule has 5 heteroatoms. The van der Waals surface area contributed by atoms with E-state index in [1.807, 2.05) is 18.7 Å². The maximum atomic E-state index is 11.5. The van der Waals surface area contributed by atoms with Gasteiger partial charge in [0.15, 0.2) is 0 Å². The molecule has 1 unspecified atom stereocenters. The first-order valence-corrected chi connectivity index (χ1v) is 5.99. The molecular weight excluding hydrogens is 234 g/mol. The monoisotopic (exact) mass is 253 g/mol. The lowest BCUT2D eigenvalue weighted by Crippen LogP contribution is -2.41. The molecule has 0 aromatic carbocycles. The van der Waals surface area contributed by atoms with E-state index in [1.54, 1.807) is 13.0 Å². The highest BCUT2D eigenvalue weighted by molar-refractivity contribution is 5.90. The van der Waals surface area contributed by atoms with E-state index in [0.717, 1.165) is 0 Å². The Kier molecular flexibility index (Phi) is 4.16. The van der Waals surface area contributed by atoms with Gasteiger partial charge in [-0.15, -0.1) is 0 Å². The maximum Gasteiger partial charge on any atom is 0.331 e. The van der Waals surface area contributed by atoms with Gasteiger partial charge in [-0.05, 0) is 32.9 Å². The summed E-state index contributed by atoms with van der Waals surface area (Å²) in [5, 5.41) is 18.4. The first-order valence-electron chi connectivity index (χ1n) is 5.99. The van der Waals surface area contributed by atoms with Crippen molar-refractivity contribution in [1.82, 2.24) is 4.90 Å². The summed E-state index contributed by atoms with van der Waals surface area (Å²) < 4.78 is 0. The molecule has 1 rings (SSSR count). The molecule has 0 heterocycles. The molecule has 18 heavy (non-hydrogen) atoms. The Labute approximate surface area is 106 Å². The van der Waals surface area contributed by atoms with Gasteiger partial charge in [0.05, 0.1) is 0 Å². The Balaban J connectivity index is 3.24. The van der Waals surface area contributed by atoms with E-state index in [2.05, 4.69) is 0 Å². The molecule has 0 aromatic rings. The second kappa shape index (κ2) is 5.25. The Morgan fingerprint density at radius 1 is 1.28 bits per heavy atom. The van der Waals surface area contributed by atoms with Crippen LogP contribution in [0.4, 0.5) is 0 Å². The zero-order valence-corrected chi connectivity index (χ0v) is 10.9. The summed E-state index contributed by atoms with van der Waals surface area (Å²) in [6.45, 7) is 6.87. The van der Waals surface area contributed by atoms with E-state index < -0.39 is 17.4 Å². The molecule has 5 nitrogen and oxygen atoms in total. The summed E-state index contributed by atoms with van der Waals surface area (Å²) in [6, 6.07) is 0. The van der Waals surface area contributed by atoms with Gasteiger partial charge in [0.2, 0.25) is 0 Å². The minimum atomic E-state index is -1.17. The lowest BCUT2D eigenvalue weighted by atomic mass is 9.76. The fourth-order valence-electron chi connectivity index (χ4n) is 2.24. The molecule has 0 bridgehead atoms. The topological polar surface area (TPSA) is 77.8 Å². The minimum Gasteiger partial charge on any atom is -0.481 e. The van der Waals surface area contributed by atoms with Gasteiger partial charge in [-0.1, -0.05) is 0 Å². The van der Waals surface area contributed by atoms with Crippen LogP contribution in [0.2, 0.25) is 0 Å². The summed E-state index contributed by atoms with van der Waals surface area (Å²) in [5.41, 5.74) is -0.366. The minimum absolute atomic E-state index is 0.0139. The number of rotatable bonds is 5. The quantitative estimate of drug-likeness (QED) is 0.780. The molecule has 2 N–H and O–H groups in total. The predicted molar refractivity (Wildman–Crippen MR) is 67.1 cm³/mol. The van der Waals surface area contributed by atoms with Crippen LogP contribution in [0.25, 0.3) is 0 Å². The van der Waals surface area contributed by atoms with Crippen LogP contribution >= 0.6 is 0 Å². The largest absolute Gasteiger partial charge is 0.481 e. The van der Waals surface area contributed by atoms with E-state index in [4.69, 9.17) is 5.11 Å². The second-order valence-electron chi connectivity index (χ2n) is 4.54. The van der Waals surface area contributed by atoms with Crippen molar-refractivity contribution in [3.63, 3.8) is 0 Å². The zero-order valence-electron chi connectivity index (χ0n) is 10.9. The smallest absolute Gasteiger partial charge is 0.331 e. The number of hydrogen-bond donors (Lipinski definition) is 2. The molecule has 0 aliphatic heterocycles. The van der Waals surface area contributed by atoms with Crippen molar-refractivity contribution in [2.24, 2.45) is 5.41 Å². The summed E-state index contributed by atoms with van der Waals surface area (Å²) in [6.07, 6.45) is 3.13. The third kappa shape index (κ3) is 2.39. The van der Waals surface area contributed by atoms with Crippen LogP contribution in [-0.4, -0.2) is 40.1 Å². The lowest BCUT2D eigenvalue weighted by molar-refractivity contribution is -0.147. The molecular formula is C13H19NO4. The van der Waals surface area contributed by atoms with Crippen molar-refractivity contribution < 1.29 is 19.8 Å². The number of aliphatic carboxylic acids is 2. The highest BCUT2D eigenvalue weighted by Gasteiger charge is 2.42. The number of carboxylic acids is 2. The normalized spacial score (nSPS) is 23.1. The maximum absolute atomic E-state index is 11.5. The zero-order chi connectivity index (χ0) is 13.9. The highest BCUT2D eigenvalue weighted by atomic mass is 16.4. The summed E-state index contributed by atoms with van der Waals surface area (Å²) >= 11 is 0. The third-order valence-corrected chi connectivity index (χ3v) is 3.40. The van der Waals surface area contributed by atoms with Gasteiger partial charge in [-0.2, -0.15) is 0 Å². The average molecular weight is 253 g/mol. The molecule has 1 aliphatic carbocycles.